The second kappa shape index (κ2) is 7.95. The highest BCUT2D eigenvalue weighted by Gasteiger charge is 2.45. The molecule has 2 saturated carbocycles. The van der Waals surface area contributed by atoms with Crippen LogP contribution < -0.4 is 0 Å². The predicted molar refractivity (Wildman–Crippen MR) is 104 cm³/mol. The van der Waals surface area contributed by atoms with Crippen molar-refractivity contribution < 1.29 is 19.4 Å². The van der Waals surface area contributed by atoms with E-state index < -0.39 is 5.97 Å². The van der Waals surface area contributed by atoms with Crippen LogP contribution in [0.15, 0.2) is 48.5 Å². The zero-order valence-corrected chi connectivity index (χ0v) is 16.0. The number of esters is 1. The Labute approximate surface area is 160 Å². The molecular formula is C23H26O4. The van der Waals surface area contributed by atoms with Gasteiger partial charge in [0, 0.05) is 0 Å². The maximum Gasteiger partial charge on any atom is 0.309 e. The van der Waals surface area contributed by atoms with E-state index in [4.69, 9.17) is 9.84 Å². The highest BCUT2D eigenvalue weighted by Crippen LogP contribution is 2.48. The lowest BCUT2D eigenvalue weighted by atomic mass is 10.1. The molecule has 0 radical (unpaired) electrons. The van der Waals surface area contributed by atoms with Crippen molar-refractivity contribution in [1.29, 1.82) is 0 Å². The lowest BCUT2D eigenvalue weighted by Crippen LogP contribution is -2.03. The fraction of sp³-hybridized carbons (Fsp3) is 0.391. The molecule has 0 saturated heterocycles. The molecule has 4 nitrogen and oxygen atoms in total. The number of benzene rings is 2. The minimum atomic E-state index is -0.662. The number of aryl methyl sites for hydroxylation is 2. The van der Waals surface area contributed by atoms with E-state index in [9.17, 15) is 9.59 Å². The zero-order chi connectivity index (χ0) is 19.6. The molecule has 27 heavy (non-hydrogen) atoms. The van der Waals surface area contributed by atoms with E-state index in [0.717, 1.165) is 18.4 Å². The molecule has 4 unspecified atom stereocenters. The first-order valence-corrected chi connectivity index (χ1v) is 9.34. The van der Waals surface area contributed by atoms with Gasteiger partial charge in [-0.15, -0.1) is 0 Å². The highest BCUT2D eigenvalue weighted by atomic mass is 16.5. The van der Waals surface area contributed by atoms with Crippen LogP contribution in [0.1, 0.15) is 46.9 Å². The molecule has 2 aliphatic carbocycles. The number of hydrogen-bond acceptors (Lipinski definition) is 3. The fourth-order valence-electron chi connectivity index (χ4n) is 3.44. The van der Waals surface area contributed by atoms with Gasteiger partial charge < -0.3 is 9.84 Å². The standard InChI is InChI=1S/C12H14O2.C11H12O2/c1-8-3-5-9(6-4-8)10-7-11(10)12(13)14-2;1-7-2-4-8(5-3-7)9-6-10(9)11(12)13/h3-6,10-11H,7H2,1-2H3;2-5,9-10H,6H2,1H3,(H,12,13). The summed E-state index contributed by atoms with van der Waals surface area (Å²) >= 11 is 0. The summed E-state index contributed by atoms with van der Waals surface area (Å²) < 4.78 is 4.71. The molecule has 142 valence electrons. The van der Waals surface area contributed by atoms with Crippen LogP contribution in [0.3, 0.4) is 0 Å². The summed E-state index contributed by atoms with van der Waals surface area (Å²) in [4.78, 5) is 21.8. The maximum absolute atomic E-state index is 11.2. The summed E-state index contributed by atoms with van der Waals surface area (Å²) in [6.45, 7) is 4.10. The molecule has 4 heteroatoms. The minimum absolute atomic E-state index is 0.0735. The molecule has 1 N–H and O–H groups in total. The van der Waals surface area contributed by atoms with Crippen LogP contribution in [0.5, 0.6) is 0 Å². The number of hydrogen-bond donors (Lipinski definition) is 1. The lowest BCUT2D eigenvalue weighted by Gasteiger charge is -2.00. The Morgan fingerprint density at radius 3 is 1.59 bits per heavy atom. The van der Waals surface area contributed by atoms with Gasteiger partial charge in [-0.05, 0) is 49.7 Å². The average molecular weight is 366 g/mol. The summed E-state index contributed by atoms with van der Waals surface area (Å²) in [5, 5.41) is 8.74. The Hall–Kier alpha value is -2.62. The zero-order valence-electron chi connectivity index (χ0n) is 16.0. The van der Waals surface area contributed by atoms with E-state index in [-0.39, 0.29) is 23.7 Å². The molecule has 4 atom stereocenters. The van der Waals surface area contributed by atoms with Gasteiger partial charge in [0.25, 0.3) is 0 Å². The van der Waals surface area contributed by atoms with Gasteiger partial charge in [0.05, 0.1) is 18.9 Å². The second-order valence-corrected chi connectivity index (χ2v) is 7.58. The molecule has 0 amide bonds. The maximum atomic E-state index is 11.2. The van der Waals surface area contributed by atoms with Gasteiger partial charge in [0.1, 0.15) is 0 Å². The third kappa shape index (κ3) is 4.76. The number of methoxy groups -OCH3 is 1. The Morgan fingerprint density at radius 2 is 1.22 bits per heavy atom. The van der Waals surface area contributed by atoms with Crippen LogP contribution in [0, 0.1) is 25.7 Å². The third-order valence-electron chi connectivity index (χ3n) is 5.41. The number of carbonyl (C=O) groups is 2. The first-order chi connectivity index (χ1) is 12.9. The third-order valence-corrected chi connectivity index (χ3v) is 5.41. The number of rotatable bonds is 4. The van der Waals surface area contributed by atoms with Gasteiger partial charge in [0.15, 0.2) is 0 Å². The van der Waals surface area contributed by atoms with Crippen molar-refractivity contribution >= 4 is 11.9 Å². The summed E-state index contributed by atoms with van der Waals surface area (Å²) in [6, 6.07) is 16.5. The van der Waals surface area contributed by atoms with Crippen LogP contribution in [0.4, 0.5) is 0 Å². The SMILES string of the molecule is COC(=O)C1CC1c1ccc(C)cc1.Cc1ccc(C2CC2C(=O)O)cc1. The molecule has 0 bridgehead atoms. The van der Waals surface area contributed by atoms with Crippen LogP contribution in [0.25, 0.3) is 0 Å². The topological polar surface area (TPSA) is 63.6 Å². The molecule has 2 aromatic carbocycles. The molecule has 2 aromatic rings. The Balaban J connectivity index is 0.000000156. The normalized spacial score (nSPS) is 25.0. The minimum Gasteiger partial charge on any atom is -0.481 e. The molecule has 0 spiro atoms. The first kappa shape index (κ1) is 19.2. The Bertz CT molecular complexity index is 807. The van der Waals surface area contributed by atoms with Crippen molar-refractivity contribution in [2.24, 2.45) is 11.8 Å². The van der Waals surface area contributed by atoms with Gasteiger partial charge in [-0.3, -0.25) is 9.59 Å². The first-order valence-electron chi connectivity index (χ1n) is 9.34. The lowest BCUT2D eigenvalue weighted by molar-refractivity contribution is -0.142. The molecular weight excluding hydrogens is 340 g/mol. The van der Waals surface area contributed by atoms with E-state index in [1.807, 2.05) is 31.2 Å². The molecule has 0 heterocycles. The summed E-state index contributed by atoms with van der Waals surface area (Å²) in [5.41, 5.74) is 4.89. The van der Waals surface area contributed by atoms with Crippen molar-refractivity contribution in [3.8, 4) is 0 Å². The van der Waals surface area contributed by atoms with Crippen molar-refractivity contribution in [1.82, 2.24) is 0 Å². The van der Waals surface area contributed by atoms with Gasteiger partial charge >= 0.3 is 11.9 Å². The second-order valence-electron chi connectivity index (χ2n) is 7.58. The molecule has 4 rings (SSSR count). The largest absolute Gasteiger partial charge is 0.481 e. The van der Waals surface area contributed by atoms with Crippen LogP contribution in [-0.4, -0.2) is 24.2 Å². The van der Waals surface area contributed by atoms with Crippen LogP contribution in [-0.2, 0) is 14.3 Å². The van der Waals surface area contributed by atoms with Gasteiger partial charge in [-0.1, -0.05) is 59.7 Å². The smallest absolute Gasteiger partial charge is 0.309 e. The number of carboxylic acid groups (broad SMARTS) is 1. The molecule has 2 aliphatic rings. The van der Waals surface area contributed by atoms with E-state index in [2.05, 4.69) is 31.2 Å². The summed E-state index contributed by atoms with van der Waals surface area (Å²) in [7, 11) is 1.45. The number of carboxylic acids is 1. The van der Waals surface area contributed by atoms with E-state index >= 15 is 0 Å². The number of aliphatic carboxylic acids is 1. The quantitative estimate of drug-likeness (QED) is 0.812. The molecule has 2 fully saturated rings. The van der Waals surface area contributed by atoms with Crippen molar-refractivity contribution in [2.75, 3.05) is 7.11 Å². The van der Waals surface area contributed by atoms with Crippen LogP contribution >= 0.6 is 0 Å². The summed E-state index contributed by atoms with van der Waals surface area (Å²) in [5.74, 6) is -0.118. The van der Waals surface area contributed by atoms with E-state index in [1.54, 1.807) is 0 Å². The van der Waals surface area contributed by atoms with E-state index in [0.29, 0.717) is 5.92 Å². The monoisotopic (exact) mass is 366 g/mol. The highest BCUT2D eigenvalue weighted by molar-refractivity contribution is 5.77. The molecule has 0 aromatic heterocycles. The molecule has 0 aliphatic heterocycles. The predicted octanol–water partition coefficient (Wildman–Crippen LogP) is 4.45. The average Bonchev–Trinajstić information content (AvgIpc) is 3.55. The number of ether oxygens (including phenoxy) is 1. The van der Waals surface area contributed by atoms with E-state index in [1.165, 1.54) is 23.8 Å². The van der Waals surface area contributed by atoms with Gasteiger partial charge in [-0.2, -0.15) is 0 Å². The Kier molecular flexibility index (Phi) is 5.64. The van der Waals surface area contributed by atoms with Crippen LogP contribution in [0.2, 0.25) is 0 Å². The van der Waals surface area contributed by atoms with Gasteiger partial charge in [-0.25, -0.2) is 0 Å². The van der Waals surface area contributed by atoms with Crippen molar-refractivity contribution in [2.45, 2.75) is 38.5 Å². The van der Waals surface area contributed by atoms with Gasteiger partial charge in [0.2, 0.25) is 0 Å². The van der Waals surface area contributed by atoms with Crippen molar-refractivity contribution in [3.05, 3.63) is 70.8 Å². The van der Waals surface area contributed by atoms with Crippen molar-refractivity contribution in [3.63, 3.8) is 0 Å². The summed E-state index contributed by atoms with van der Waals surface area (Å²) in [6.07, 6.45) is 1.74. The fourth-order valence-corrected chi connectivity index (χ4v) is 3.44. The Morgan fingerprint density at radius 1 is 0.815 bits per heavy atom. The number of carbonyl (C=O) groups excluding carboxylic acids is 1.